The summed E-state index contributed by atoms with van der Waals surface area (Å²) in [5.74, 6) is -1.18. The van der Waals surface area contributed by atoms with Crippen LogP contribution in [0.25, 0.3) is 0 Å². The van der Waals surface area contributed by atoms with Gasteiger partial charge in [0.2, 0.25) is 6.29 Å². The minimum absolute atomic E-state index is 0.106. The van der Waals surface area contributed by atoms with Gasteiger partial charge in [0, 0.05) is 0 Å². The third kappa shape index (κ3) is 8.26. The summed E-state index contributed by atoms with van der Waals surface area (Å²) in [6, 6.07) is 0. The fourth-order valence-corrected chi connectivity index (χ4v) is 15.3. The Labute approximate surface area is 402 Å². The highest BCUT2D eigenvalue weighted by atomic mass is 16.7. The molecule has 8 rings (SSSR count). The highest BCUT2D eigenvalue weighted by Crippen LogP contribution is 2.76. The molecule has 0 aromatic heterocycles. The van der Waals surface area contributed by atoms with Gasteiger partial charge in [-0.05, 0) is 111 Å². The van der Waals surface area contributed by atoms with Crippen LogP contribution in [0.1, 0.15) is 106 Å². The van der Waals surface area contributed by atoms with E-state index < -0.39 is 152 Å². The first-order valence-corrected chi connectivity index (χ1v) is 24.9. The number of methoxy groups -OCH3 is 1. The number of carbonyl (C=O) groups is 2. The number of aliphatic hydroxyl groups is 11. The van der Waals surface area contributed by atoms with Crippen molar-refractivity contribution in [1.29, 1.82) is 0 Å². The van der Waals surface area contributed by atoms with E-state index in [2.05, 4.69) is 40.7 Å². The van der Waals surface area contributed by atoms with Crippen molar-refractivity contribution in [2.24, 2.45) is 50.2 Å². The normalized spacial score (nSPS) is 52.8. The summed E-state index contributed by atoms with van der Waals surface area (Å²) in [5, 5.41) is 116. The predicted octanol–water partition coefficient (Wildman–Crippen LogP) is -0.706. The van der Waals surface area contributed by atoms with E-state index in [0.29, 0.717) is 44.9 Å². The van der Waals surface area contributed by atoms with E-state index in [-0.39, 0.29) is 28.6 Å². The number of carbonyl (C=O) groups excluding carboxylic acids is 2. The molecule has 0 radical (unpaired) electrons. The number of allylic oxidation sites excluding steroid dienone is 2. The maximum Gasteiger partial charge on any atom is 0.315 e. The maximum absolute atomic E-state index is 14.8. The number of hydrogen-bond acceptors (Lipinski definition) is 20. The minimum Gasteiger partial charge on any atom is -0.469 e. The van der Waals surface area contributed by atoms with E-state index in [4.69, 9.17) is 33.2 Å². The maximum atomic E-state index is 14.8. The average Bonchev–Trinajstić information content (AvgIpc) is 3.31. The topological polar surface area (TPSA) is 321 Å². The Hall–Kier alpha value is -1.96. The van der Waals surface area contributed by atoms with Crippen LogP contribution in [0.5, 0.6) is 0 Å². The lowest BCUT2D eigenvalue weighted by atomic mass is 9.33. The van der Waals surface area contributed by atoms with Crippen molar-refractivity contribution < 1.29 is 98.9 Å². The number of fused-ring (bicyclic) bond motifs is 7. The van der Waals surface area contributed by atoms with Crippen molar-refractivity contribution in [3.63, 3.8) is 0 Å². The molecule has 5 aliphatic carbocycles. The molecular weight excluding hydrogens is 909 g/mol. The fourth-order valence-electron chi connectivity index (χ4n) is 15.3. The summed E-state index contributed by atoms with van der Waals surface area (Å²) in [4.78, 5) is 28.3. The predicted molar refractivity (Wildman–Crippen MR) is 237 cm³/mol. The molecular formula is C49H78O20. The number of ether oxygens (including phenoxy) is 7. The number of hydrogen-bond donors (Lipinski definition) is 11. The summed E-state index contributed by atoms with van der Waals surface area (Å²) in [6.45, 7) is 11.1. The molecule has 7 fully saturated rings. The molecule has 0 aromatic rings. The van der Waals surface area contributed by atoms with Crippen molar-refractivity contribution in [2.75, 3.05) is 26.9 Å². The smallest absolute Gasteiger partial charge is 0.315 e. The zero-order valence-corrected chi connectivity index (χ0v) is 40.8. The number of esters is 2. The van der Waals surface area contributed by atoms with Gasteiger partial charge in [-0.2, -0.15) is 0 Å². The van der Waals surface area contributed by atoms with E-state index in [1.807, 2.05) is 6.92 Å². The lowest BCUT2D eigenvalue weighted by Gasteiger charge is -2.71. The van der Waals surface area contributed by atoms with Gasteiger partial charge in [-0.15, -0.1) is 0 Å². The SMILES string of the molecule is COC(=O)C1(C)CCC2(C(=O)OC3OC(CO)C(O)C(O)C3O)CCC3(C)C(=CCC4C5(C)CCC(OC6OC(CO)C(O)C(OC7OC(CO)C(O)C(O)C7O)C6O)C(C)(C)C5CCC43C)C2C1. The zero-order chi connectivity index (χ0) is 50.6. The molecule has 24 unspecified atom stereocenters. The molecule has 11 N–H and O–H groups in total. The van der Waals surface area contributed by atoms with E-state index >= 15 is 0 Å². The van der Waals surface area contributed by atoms with Crippen LogP contribution in [-0.4, -0.2) is 193 Å². The second-order valence-electron chi connectivity index (χ2n) is 23.4. The molecule has 24 atom stereocenters. The largest absolute Gasteiger partial charge is 0.469 e. The Bertz CT molecular complexity index is 1910. The zero-order valence-electron chi connectivity index (χ0n) is 40.8. The summed E-state index contributed by atoms with van der Waals surface area (Å²) < 4.78 is 41.0. The van der Waals surface area contributed by atoms with Crippen molar-refractivity contribution in [2.45, 2.75) is 204 Å². The average molecular weight is 987 g/mol. The van der Waals surface area contributed by atoms with Gasteiger partial charge in [-0.3, -0.25) is 9.59 Å². The Morgan fingerprint density at radius 2 is 1.16 bits per heavy atom. The Kier molecular flexibility index (Phi) is 14.7. The summed E-state index contributed by atoms with van der Waals surface area (Å²) in [7, 11) is 1.36. The third-order valence-electron chi connectivity index (χ3n) is 19.8. The van der Waals surface area contributed by atoms with Crippen LogP contribution in [-0.2, 0) is 42.7 Å². The Morgan fingerprint density at radius 3 is 1.75 bits per heavy atom. The molecule has 0 bridgehead atoms. The second-order valence-corrected chi connectivity index (χ2v) is 23.4. The van der Waals surface area contributed by atoms with Crippen LogP contribution in [0.2, 0.25) is 0 Å². The van der Waals surface area contributed by atoms with Gasteiger partial charge in [0.15, 0.2) is 12.6 Å². The van der Waals surface area contributed by atoms with E-state index in [1.54, 1.807) is 0 Å². The first-order valence-electron chi connectivity index (χ1n) is 24.9. The van der Waals surface area contributed by atoms with Gasteiger partial charge in [-0.25, -0.2) is 0 Å². The molecule has 0 aromatic carbocycles. The van der Waals surface area contributed by atoms with Crippen molar-refractivity contribution in [3.8, 4) is 0 Å². The van der Waals surface area contributed by atoms with Gasteiger partial charge in [-0.1, -0.05) is 46.3 Å². The first-order chi connectivity index (χ1) is 32.3. The van der Waals surface area contributed by atoms with Crippen LogP contribution >= 0.6 is 0 Å². The van der Waals surface area contributed by atoms with Gasteiger partial charge >= 0.3 is 11.9 Å². The van der Waals surface area contributed by atoms with Gasteiger partial charge < -0.3 is 89.3 Å². The molecule has 69 heavy (non-hydrogen) atoms. The molecule has 0 spiro atoms. The molecule has 3 heterocycles. The second kappa shape index (κ2) is 19.1. The van der Waals surface area contributed by atoms with E-state index in [9.17, 15) is 65.8 Å². The van der Waals surface area contributed by atoms with Crippen LogP contribution < -0.4 is 0 Å². The highest BCUT2D eigenvalue weighted by molar-refractivity contribution is 5.81. The number of aliphatic hydroxyl groups excluding tert-OH is 11. The van der Waals surface area contributed by atoms with Gasteiger partial charge in [0.25, 0.3) is 0 Å². The molecule has 4 saturated carbocycles. The monoisotopic (exact) mass is 987 g/mol. The molecule has 3 saturated heterocycles. The molecule has 20 heteroatoms. The van der Waals surface area contributed by atoms with Crippen molar-refractivity contribution in [3.05, 3.63) is 11.6 Å². The lowest BCUT2D eigenvalue weighted by molar-refractivity contribution is -0.369. The van der Waals surface area contributed by atoms with E-state index in [1.165, 1.54) is 7.11 Å². The molecule has 394 valence electrons. The fraction of sp³-hybridized carbons (Fsp3) is 0.918. The van der Waals surface area contributed by atoms with E-state index in [0.717, 1.165) is 24.8 Å². The van der Waals surface area contributed by atoms with Gasteiger partial charge in [0.1, 0.15) is 73.2 Å². The quantitative estimate of drug-likeness (QED) is 0.0732. The molecule has 20 nitrogen and oxygen atoms in total. The summed E-state index contributed by atoms with van der Waals surface area (Å²) >= 11 is 0. The highest BCUT2D eigenvalue weighted by Gasteiger charge is 2.71. The molecule has 8 aliphatic rings. The van der Waals surface area contributed by atoms with Crippen LogP contribution in [0.4, 0.5) is 0 Å². The third-order valence-corrected chi connectivity index (χ3v) is 19.8. The van der Waals surface area contributed by atoms with Crippen LogP contribution in [0.3, 0.4) is 0 Å². The Balaban J connectivity index is 1.04. The summed E-state index contributed by atoms with van der Waals surface area (Å²) in [5.41, 5.74) is -2.38. The van der Waals surface area contributed by atoms with Crippen molar-refractivity contribution in [1.82, 2.24) is 0 Å². The van der Waals surface area contributed by atoms with Crippen LogP contribution in [0, 0.1) is 50.2 Å². The van der Waals surface area contributed by atoms with Crippen molar-refractivity contribution >= 4 is 11.9 Å². The Morgan fingerprint density at radius 1 is 0.609 bits per heavy atom. The molecule has 3 aliphatic heterocycles. The minimum atomic E-state index is -1.81. The standard InChI is InChI=1S/C49H78O20/c1-44(2)27-10-13-48(6)28(46(27,4)12-11-29(44)67-41-37(60)38(32(55)26(21-52)66-41)68-39-35(58)33(56)30(53)24(19-50)64-39)9-8-22-23-18-45(3,42(61)63-7)14-16-49(23,17-15-47(22,48)5)43(62)69-40-36(59)34(57)31(54)25(20-51)65-40/h8,23-41,50-60H,9-21H2,1-7H3. The first kappa shape index (κ1) is 53.3. The summed E-state index contributed by atoms with van der Waals surface area (Å²) in [6.07, 6.45) is -16.3. The number of rotatable bonds is 10. The lowest BCUT2D eigenvalue weighted by Crippen LogP contribution is -2.67. The molecule has 0 amide bonds. The van der Waals surface area contributed by atoms with Crippen LogP contribution in [0.15, 0.2) is 11.6 Å². The van der Waals surface area contributed by atoms with Gasteiger partial charge in [0.05, 0.1) is 43.9 Å².